The first-order chi connectivity index (χ1) is 8.10. The number of hydrogen-bond donors (Lipinski definition) is 1. The fourth-order valence-electron chi connectivity index (χ4n) is 2.17. The molecule has 0 saturated carbocycles. The monoisotopic (exact) mass is 262 g/mol. The Balaban J connectivity index is 2.47. The quantitative estimate of drug-likeness (QED) is 0.758. The molecule has 1 N–H and O–H groups in total. The van der Waals surface area contributed by atoms with E-state index in [0.717, 1.165) is 38.6 Å². The summed E-state index contributed by atoms with van der Waals surface area (Å²) in [5.41, 5.74) is 0. The van der Waals surface area contributed by atoms with Crippen LogP contribution in [-0.4, -0.2) is 44.2 Å². The average molecular weight is 262 g/mol. The van der Waals surface area contributed by atoms with E-state index in [4.69, 9.17) is 0 Å². The van der Waals surface area contributed by atoms with Gasteiger partial charge >= 0.3 is 0 Å². The van der Waals surface area contributed by atoms with Crippen molar-refractivity contribution in [3.8, 4) is 0 Å². The Labute approximate surface area is 106 Å². The van der Waals surface area contributed by atoms with E-state index < -0.39 is 10.0 Å². The third-order valence-electron chi connectivity index (χ3n) is 3.22. The van der Waals surface area contributed by atoms with E-state index in [0.29, 0.717) is 24.9 Å². The van der Waals surface area contributed by atoms with Crippen molar-refractivity contribution in [1.82, 2.24) is 9.62 Å². The van der Waals surface area contributed by atoms with Crippen LogP contribution in [0, 0.1) is 0 Å². The lowest BCUT2D eigenvalue weighted by Crippen LogP contribution is -2.48. The summed E-state index contributed by atoms with van der Waals surface area (Å²) >= 11 is 0. The predicted octanol–water partition coefficient (Wildman–Crippen LogP) is 1.58. The van der Waals surface area contributed by atoms with Gasteiger partial charge in [-0.2, -0.15) is 0 Å². The number of unbranched alkanes of at least 4 members (excludes halogenated alkanes) is 1. The fourth-order valence-corrected chi connectivity index (χ4v) is 3.89. The van der Waals surface area contributed by atoms with Gasteiger partial charge in [0.1, 0.15) is 0 Å². The van der Waals surface area contributed by atoms with Crippen LogP contribution in [0.25, 0.3) is 0 Å². The zero-order valence-electron chi connectivity index (χ0n) is 11.1. The molecule has 1 aliphatic rings. The van der Waals surface area contributed by atoms with Crippen molar-refractivity contribution >= 4 is 10.0 Å². The van der Waals surface area contributed by atoms with Crippen molar-refractivity contribution in [2.45, 2.75) is 52.0 Å². The first-order valence-corrected chi connectivity index (χ1v) is 8.42. The number of nitrogens with one attached hydrogen (secondary N) is 1. The summed E-state index contributed by atoms with van der Waals surface area (Å²) in [6.07, 6.45) is 4.88. The number of sulfonamides is 1. The van der Waals surface area contributed by atoms with E-state index in [1.165, 1.54) is 0 Å². The minimum atomic E-state index is -3.01. The second-order valence-electron chi connectivity index (χ2n) is 4.82. The van der Waals surface area contributed by atoms with Gasteiger partial charge in [0.25, 0.3) is 0 Å². The maximum absolute atomic E-state index is 12.1. The van der Waals surface area contributed by atoms with Crippen LogP contribution in [0.4, 0.5) is 0 Å². The molecule has 17 heavy (non-hydrogen) atoms. The van der Waals surface area contributed by atoms with Gasteiger partial charge in [-0.3, -0.25) is 0 Å². The predicted molar refractivity (Wildman–Crippen MR) is 71.6 cm³/mol. The molecule has 0 aromatic carbocycles. The molecular formula is C12H26N2O2S. The van der Waals surface area contributed by atoms with Crippen LogP contribution in [0.5, 0.6) is 0 Å². The van der Waals surface area contributed by atoms with Gasteiger partial charge in [0.2, 0.25) is 10.0 Å². The van der Waals surface area contributed by atoms with E-state index in [2.05, 4.69) is 12.2 Å². The van der Waals surface area contributed by atoms with Gasteiger partial charge in [-0.1, -0.05) is 20.3 Å². The third kappa shape index (κ3) is 4.94. The van der Waals surface area contributed by atoms with Crippen molar-refractivity contribution in [3.05, 3.63) is 0 Å². The topological polar surface area (TPSA) is 49.4 Å². The summed E-state index contributed by atoms with van der Waals surface area (Å²) in [7, 11) is -3.01. The Kier molecular flexibility index (Phi) is 6.44. The summed E-state index contributed by atoms with van der Waals surface area (Å²) in [6, 6.07) is 0.347. The Morgan fingerprint density at radius 3 is 2.71 bits per heavy atom. The van der Waals surface area contributed by atoms with Gasteiger partial charge in [0.15, 0.2) is 0 Å². The molecular weight excluding hydrogens is 236 g/mol. The largest absolute Gasteiger partial charge is 0.313 e. The molecule has 1 rings (SSSR count). The van der Waals surface area contributed by atoms with Crippen LogP contribution in [0.1, 0.15) is 46.0 Å². The molecule has 1 aliphatic heterocycles. The highest BCUT2D eigenvalue weighted by molar-refractivity contribution is 7.89. The Morgan fingerprint density at radius 2 is 2.06 bits per heavy atom. The van der Waals surface area contributed by atoms with E-state index >= 15 is 0 Å². The van der Waals surface area contributed by atoms with E-state index in [1.54, 1.807) is 4.31 Å². The van der Waals surface area contributed by atoms with Gasteiger partial charge in [-0.15, -0.1) is 0 Å². The normalized spacial score (nSPS) is 22.8. The van der Waals surface area contributed by atoms with Crippen LogP contribution < -0.4 is 5.32 Å². The maximum Gasteiger partial charge on any atom is 0.214 e. The van der Waals surface area contributed by atoms with E-state index in [-0.39, 0.29) is 0 Å². The Hall–Kier alpha value is -0.130. The van der Waals surface area contributed by atoms with Crippen molar-refractivity contribution in [1.29, 1.82) is 0 Å². The minimum absolute atomic E-state index is 0.310. The van der Waals surface area contributed by atoms with Gasteiger partial charge in [0.05, 0.1) is 5.75 Å². The SMILES string of the molecule is CCCCS(=O)(=O)N1CCCC(NCCC)C1. The molecule has 0 spiro atoms. The molecule has 0 aliphatic carbocycles. The molecule has 1 fully saturated rings. The minimum Gasteiger partial charge on any atom is -0.313 e. The first-order valence-electron chi connectivity index (χ1n) is 6.81. The average Bonchev–Trinajstić information content (AvgIpc) is 2.34. The fraction of sp³-hybridized carbons (Fsp3) is 1.00. The summed E-state index contributed by atoms with van der Waals surface area (Å²) in [5.74, 6) is 0.310. The number of hydrogen-bond acceptors (Lipinski definition) is 3. The number of piperidine rings is 1. The zero-order valence-corrected chi connectivity index (χ0v) is 11.9. The molecule has 0 aromatic rings. The second kappa shape index (κ2) is 7.34. The molecule has 1 unspecified atom stereocenters. The molecule has 1 saturated heterocycles. The van der Waals surface area contributed by atoms with Crippen molar-refractivity contribution in [2.75, 3.05) is 25.4 Å². The third-order valence-corrected chi connectivity index (χ3v) is 5.14. The Morgan fingerprint density at radius 1 is 1.29 bits per heavy atom. The summed E-state index contributed by atoms with van der Waals surface area (Å²) in [5, 5.41) is 3.42. The van der Waals surface area contributed by atoms with Crippen LogP contribution in [0.2, 0.25) is 0 Å². The first kappa shape index (κ1) is 14.9. The highest BCUT2D eigenvalue weighted by Gasteiger charge is 2.27. The number of rotatable bonds is 7. The molecule has 0 amide bonds. The summed E-state index contributed by atoms with van der Waals surface area (Å²) < 4.78 is 25.8. The lowest BCUT2D eigenvalue weighted by molar-refractivity contribution is 0.284. The molecule has 0 aromatic heterocycles. The van der Waals surface area contributed by atoms with E-state index in [1.807, 2.05) is 6.92 Å². The zero-order chi connectivity index (χ0) is 12.7. The molecule has 0 radical (unpaired) electrons. The number of nitrogens with zero attached hydrogens (tertiary/aromatic N) is 1. The molecule has 102 valence electrons. The van der Waals surface area contributed by atoms with Gasteiger partial charge < -0.3 is 5.32 Å². The van der Waals surface area contributed by atoms with Gasteiger partial charge in [-0.05, 0) is 32.2 Å². The summed E-state index contributed by atoms with van der Waals surface area (Å²) in [4.78, 5) is 0. The molecule has 0 bridgehead atoms. The van der Waals surface area contributed by atoms with Gasteiger partial charge in [0, 0.05) is 19.1 Å². The molecule has 1 heterocycles. The van der Waals surface area contributed by atoms with Crippen LogP contribution in [0.15, 0.2) is 0 Å². The Bertz CT molecular complexity index is 304. The maximum atomic E-state index is 12.1. The standard InChI is InChI=1S/C12H26N2O2S/c1-3-5-10-17(15,16)14-9-6-7-12(11-14)13-8-4-2/h12-13H,3-11H2,1-2H3. The van der Waals surface area contributed by atoms with Crippen molar-refractivity contribution in [3.63, 3.8) is 0 Å². The van der Waals surface area contributed by atoms with Crippen LogP contribution in [0.3, 0.4) is 0 Å². The van der Waals surface area contributed by atoms with E-state index in [9.17, 15) is 8.42 Å². The summed E-state index contributed by atoms with van der Waals surface area (Å²) in [6.45, 7) is 6.50. The molecule has 1 atom stereocenters. The lowest BCUT2D eigenvalue weighted by atomic mass is 10.1. The smallest absolute Gasteiger partial charge is 0.214 e. The highest BCUT2D eigenvalue weighted by Crippen LogP contribution is 2.15. The van der Waals surface area contributed by atoms with Crippen molar-refractivity contribution in [2.24, 2.45) is 0 Å². The van der Waals surface area contributed by atoms with Crippen LogP contribution in [-0.2, 0) is 10.0 Å². The highest BCUT2D eigenvalue weighted by atomic mass is 32.2. The van der Waals surface area contributed by atoms with Gasteiger partial charge in [-0.25, -0.2) is 12.7 Å². The van der Waals surface area contributed by atoms with Crippen LogP contribution >= 0.6 is 0 Å². The molecule has 4 nitrogen and oxygen atoms in total. The van der Waals surface area contributed by atoms with Crippen molar-refractivity contribution < 1.29 is 8.42 Å². The molecule has 5 heteroatoms. The second-order valence-corrected chi connectivity index (χ2v) is 6.91. The lowest BCUT2D eigenvalue weighted by Gasteiger charge is -2.32.